The van der Waals surface area contributed by atoms with Crippen molar-refractivity contribution in [3.63, 3.8) is 0 Å². The molecule has 3 rings (SSSR count). The molecule has 134 valence electrons. The summed E-state index contributed by atoms with van der Waals surface area (Å²) in [6, 6.07) is 4.95. The number of carbonyl (C=O) groups is 1. The Hall–Kier alpha value is -1.57. The molecule has 1 amide bonds. The van der Waals surface area contributed by atoms with Gasteiger partial charge in [0.1, 0.15) is 10.8 Å². The van der Waals surface area contributed by atoms with E-state index in [4.69, 9.17) is 27.9 Å². The SMILES string of the molecule is Cc1nnc(N2CCN(C(=O)C(C)Oc3ccc(Cl)cc3Cl)CC2)s1. The lowest BCUT2D eigenvalue weighted by atomic mass is 10.2. The Morgan fingerprint density at radius 2 is 1.96 bits per heavy atom. The number of ether oxygens (including phenoxy) is 1. The predicted octanol–water partition coefficient (Wildman–Crippen LogP) is 3.27. The fourth-order valence-electron chi connectivity index (χ4n) is 2.60. The van der Waals surface area contributed by atoms with Crippen molar-refractivity contribution in [3.05, 3.63) is 33.3 Å². The molecule has 25 heavy (non-hydrogen) atoms. The van der Waals surface area contributed by atoms with Crippen molar-refractivity contribution < 1.29 is 9.53 Å². The van der Waals surface area contributed by atoms with Crippen LogP contribution >= 0.6 is 34.5 Å². The van der Waals surface area contributed by atoms with Gasteiger partial charge < -0.3 is 14.5 Å². The van der Waals surface area contributed by atoms with Gasteiger partial charge in [-0.1, -0.05) is 34.5 Å². The summed E-state index contributed by atoms with van der Waals surface area (Å²) < 4.78 is 5.71. The second kappa shape index (κ2) is 7.76. The van der Waals surface area contributed by atoms with Crippen LogP contribution < -0.4 is 9.64 Å². The maximum absolute atomic E-state index is 12.6. The second-order valence-electron chi connectivity index (χ2n) is 5.75. The first-order valence-corrected chi connectivity index (χ1v) is 9.47. The average Bonchev–Trinajstić information content (AvgIpc) is 3.03. The molecule has 1 fully saturated rings. The number of benzene rings is 1. The van der Waals surface area contributed by atoms with Gasteiger partial charge in [0.05, 0.1) is 5.02 Å². The first kappa shape index (κ1) is 18.2. The number of halogens is 2. The summed E-state index contributed by atoms with van der Waals surface area (Å²) in [5.41, 5.74) is 0. The number of amides is 1. The number of carbonyl (C=O) groups excluding carboxylic acids is 1. The number of hydrogen-bond donors (Lipinski definition) is 0. The standard InChI is InChI=1S/C16H18Cl2N4O2S/c1-10(24-14-4-3-12(17)9-13(14)18)15(23)21-5-7-22(8-6-21)16-20-19-11(2)25-16/h3-4,9-10H,5-8H2,1-2H3. The Kier molecular flexibility index (Phi) is 5.66. The molecule has 1 saturated heterocycles. The van der Waals surface area contributed by atoms with Crippen LogP contribution in [0.15, 0.2) is 18.2 Å². The molecule has 6 nitrogen and oxygen atoms in total. The zero-order valence-corrected chi connectivity index (χ0v) is 16.2. The number of piperazine rings is 1. The fraction of sp³-hybridized carbons (Fsp3) is 0.438. The van der Waals surface area contributed by atoms with Crippen molar-refractivity contribution in [2.45, 2.75) is 20.0 Å². The van der Waals surface area contributed by atoms with E-state index < -0.39 is 6.10 Å². The van der Waals surface area contributed by atoms with Gasteiger partial charge in [0.2, 0.25) is 5.13 Å². The van der Waals surface area contributed by atoms with Crippen molar-refractivity contribution in [1.82, 2.24) is 15.1 Å². The molecule has 0 bridgehead atoms. The number of nitrogens with zero attached hydrogens (tertiary/aromatic N) is 4. The number of anilines is 1. The molecular formula is C16H18Cl2N4O2S. The van der Waals surface area contributed by atoms with Crippen LogP contribution in [0.2, 0.25) is 10.0 Å². The summed E-state index contributed by atoms with van der Waals surface area (Å²) in [5.74, 6) is 0.397. The third-order valence-electron chi connectivity index (χ3n) is 3.92. The molecule has 1 unspecified atom stereocenters. The predicted molar refractivity (Wildman–Crippen MR) is 100.0 cm³/mol. The van der Waals surface area contributed by atoms with E-state index in [9.17, 15) is 4.79 Å². The van der Waals surface area contributed by atoms with Crippen molar-refractivity contribution in [2.24, 2.45) is 0 Å². The summed E-state index contributed by atoms with van der Waals surface area (Å²) in [7, 11) is 0. The molecule has 1 aliphatic heterocycles. The lowest BCUT2D eigenvalue weighted by Crippen LogP contribution is -2.52. The van der Waals surface area contributed by atoms with E-state index in [0.29, 0.717) is 28.9 Å². The highest BCUT2D eigenvalue weighted by molar-refractivity contribution is 7.15. The minimum Gasteiger partial charge on any atom is -0.479 e. The summed E-state index contributed by atoms with van der Waals surface area (Å²) >= 11 is 13.5. The quantitative estimate of drug-likeness (QED) is 0.787. The summed E-state index contributed by atoms with van der Waals surface area (Å²) in [4.78, 5) is 16.6. The molecule has 2 heterocycles. The molecule has 1 atom stereocenters. The maximum Gasteiger partial charge on any atom is 0.263 e. The Labute approximate surface area is 160 Å². The minimum absolute atomic E-state index is 0.0564. The van der Waals surface area contributed by atoms with Crippen molar-refractivity contribution in [2.75, 3.05) is 31.1 Å². The fourth-order valence-corrected chi connectivity index (χ4v) is 3.79. The van der Waals surface area contributed by atoms with Gasteiger partial charge in [0.25, 0.3) is 5.91 Å². The molecule has 9 heteroatoms. The summed E-state index contributed by atoms with van der Waals surface area (Å²) in [6.07, 6.45) is -0.617. The number of aryl methyl sites for hydroxylation is 1. The molecule has 0 spiro atoms. The molecular weight excluding hydrogens is 383 g/mol. The van der Waals surface area contributed by atoms with E-state index in [2.05, 4.69) is 15.1 Å². The van der Waals surface area contributed by atoms with E-state index >= 15 is 0 Å². The molecule has 0 radical (unpaired) electrons. The molecule has 1 aliphatic rings. The van der Waals surface area contributed by atoms with E-state index in [1.165, 1.54) is 0 Å². The van der Waals surface area contributed by atoms with Gasteiger partial charge in [0.15, 0.2) is 6.10 Å². The van der Waals surface area contributed by atoms with E-state index in [1.807, 2.05) is 6.92 Å². The van der Waals surface area contributed by atoms with Crippen LogP contribution in [0.3, 0.4) is 0 Å². The van der Waals surface area contributed by atoms with E-state index in [-0.39, 0.29) is 5.91 Å². The van der Waals surface area contributed by atoms with Gasteiger partial charge in [-0.2, -0.15) is 0 Å². The van der Waals surface area contributed by atoms with Crippen LogP contribution in [0.1, 0.15) is 11.9 Å². The van der Waals surface area contributed by atoms with Gasteiger partial charge in [0, 0.05) is 31.2 Å². The largest absolute Gasteiger partial charge is 0.479 e. The Balaban J connectivity index is 1.56. The van der Waals surface area contributed by atoms with Crippen LogP contribution in [0.25, 0.3) is 0 Å². The van der Waals surface area contributed by atoms with Gasteiger partial charge in [-0.15, -0.1) is 10.2 Å². The number of hydrogen-bond acceptors (Lipinski definition) is 6. The highest BCUT2D eigenvalue weighted by Crippen LogP contribution is 2.28. The van der Waals surface area contributed by atoms with Crippen molar-refractivity contribution in [3.8, 4) is 5.75 Å². The lowest BCUT2D eigenvalue weighted by Gasteiger charge is -2.35. The van der Waals surface area contributed by atoms with Crippen LogP contribution in [0.4, 0.5) is 5.13 Å². The first-order chi connectivity index (χ1) is 11.9. The minimum atomic E-state index is -0.617. The topological polar surface area (TPSA) is 58.6 Å². The van der Waals surface area contributed by atoms with Gasteiger partial charge >= 0.3 is 0 Å². The molecule has 2 aromatic rings. The van der Waals surface area contributed by atoms with Crippen molar-refractivity contribution in [1.29, 1.82) is 0 Å². The van der Waals surface area contributed by atoms with Gasteiger partial charge in [-0.3, -0.25) is 4.79 Å². The second-order valence-corrected chi connectivity index (χ2v) is 7.75. The Morgan fingerprint density at radius 1 is 1.24 bits per heavy atom. The monoisotopic (exact) mass is 400 g/mol. The molecule has 1 aromatic heterocycles. The third kappa shape index (κ3) is 4.34. The molecule has 1 aromatic carbocycles. The highest BCUT2D eigenvalue weighted by Gasteiger charge is 2.27. The van der Waals surface area contributed by atoms with Gasteiger partial charge in [-0.25, -0.2) is 0 Å². The number of aromatic nitrogens is 2. The lowest BCUT2D eigenvalue weighted by molar-refractivity contribution is -0.138. The van der Waals surface area contributed by atoms with Crippen LogP contribution in [-0.2, 0) is 4.79 Å². The van der Waals surface area contributed by atoms with E-state index in [1.54, 1.807) is 41.4 Å². The Bertz CT molecular complexity index is 762. The van der Waals surface area contributed by atoms with E-state index in [0.717, 1.165) is 23.2 Å². The summed E-state index contributed by atoms with van der Waals surface area (Å²) in [6.45, 7) is 6.37. The van der Waals surface area contributed by atoms with Crippen LogP contribution in [0, 0.1) is 6.92 Å². The molecule has 0 aliphatic carbocycles. The summed E-state index contributed by atoms with van der Waals surface area (Å²) in [5, 5.41) is 11.0. The third-order valence-corrected chi connectivity index (χ3v) is 5.35. The highest BCUT2D eigenvalue weighted by atomic mass is 35.5. The zero-order chi connectivity index (χ0) is 18.0. The van der Waals surface area contributed by atoms with Crippen molar-refractivity contribution >= 4 is 45.6 Å². The average molecular weight is 401 g/mol. The Morgan fingerprint density at radius 3 is 2.56 bits per heavy atom. The number of rotatable bonds is 4. The normalized spacial score (nSPS) is 16.0. The molecule has 0 N–H and O–H groups in total. The smallest absolute Gasteiger partial charge is 0.263 e. The van der Waals surface area contributed by atoms with Gasteiger partial charge in [-0.05, 0) is 32.0 Å². The van der Waals surface area contributed by atoms with Crippen LogP contribution in [0.5, 0.6) is 5.75 Å². The molecule has 0 saturated carbocycles. The van der Waals surface area contributed by atoms with Crippen LogP contribution in [-0.4, -0.2) is 53.3 Å². The maximum atomic E-state index is 12.6. The zero-order valence-electron chi connectivity index (χ0n) is 13.9. The first-order valence-electron chi connectivity index (χ1n) is 7.89.